The summed E-state index contributed by atoms with van der Waals surface area (Å²) >= 11 is 0. The number of halogens is 1. The summed E-state index contributed by atoms with van der Waals surface area (Å²) in [6.45, 7) is 0.976. The van der Waals surface area contributed by atoms with E-state index in [1.807, 2.05) is 12.1 Å². The fraction of sp³-hybridized carbons (Fsp3) is 0.118. The number of hydrogen-bond acceptors (Lipinski definition) is 4. The van der Waals surface area contributed by atoms with Crippen molar-refractivity contribution >= 4 is 22.5 Å². The fourth-order valence-electron chi connectivity index (χ4n) is 2.18. The Morgan fingerprint density at radius 1 is 1.09 bits per heavy atom. The number of anilines is 1. The van der Waals surface area contributed by atoms with E-state index in [9.17, 15) is 9.18 Å². The Bertz CT molecular complexity index is 823. The van der Waals surface area contributed by atoms with Crippen molar-refractivity contribution in [3.05, 3.63) is 66.4 Å². The third-order valence-corrected chi connectivity index (χ3v) is 3.30. The van der Waals surface area contributed by atoms with Crippen LogP contribution in [0, 0.1) is 5.82 Å². The van der Waals surface area contributed by atoms with Crippen LogP contribution in [0.15, 0.2) is 54.9 Å². The van der Waals surface area contributed by atoms with Crippen molar-refractivity contribution in [1.82, 2.24) is 15.3 Å². The number of fused-ring (bicyclic) bond motifs is 1. The van der Waals surface area contributed by atoms with E-state index < -0.39 is 5.82 Å². The predicted octanol–water partition coefficient (Wildman–Crippen LogP) is 2.61. The lowest BCUT2D eigenvalue weighted by molar-refractivity contribution is 0.0950. The van der Waals surface area contributed by atoms with E-state index in [1.54, 1.807) is 36.7 Å². The van der Waals surface area contributed by atoms with Crippen molar-refractivity contribution in [2.75, 3.05) is 18.4 Å². The molecule has 6 heteroatoms. The summed E-state index contributed by atoms with van der Waals surface area (Å²) in [7, 11) is 0. The minimum absolute atomic E-state index is 0.198. The minimum Gasteiger partial charge on any atom is -0.382 e. The molecule has 0 unspecified atom stereocenters. The molecule has 116 valence electrons. The lowest BCUT2D eigenvalue weighted by Crippen LogP contribution is -2.29. The van der Waals surface area contributed by atoms with Crippen LogP contribution in [0.1, 0.15) is 10.5 Å². The van der Waals surface area contributed by atoms with Crippen LogP contribution in [0.3, 0.4) is 0 Å². The summed E-state index contributed by atoms with van der Waals surface area (Å²) in [5.41, 5.74) is 1.28. The van der Waals surface area contributed by atoms with Gasteiger partial charge in [0.15, 0.2) is 0 Å². The molecule has 0 fully saturated rings. The van der Waals surface area contributed by atoms with Gasteiger partial charge in [0.05, 0.1) is 5.69 Å². The topological polar surface area (TPSA) is 66.9 Å². The maximum absolute atomic E-state index is 13.7. The second-order valence-corrected chi connectivity index (χ2v) is 4.93. The highest BCUT2D eigenvalue weighted by Gasteiger charge is 2.09. The molecule has 2 aromatic heterocycles. The number of para-hydroxylation sites is 1. The molecular weight excluding hydrogens is 295 g/mol. The zero-order valence-corrected chi connectivity index (χ0v) is 12.3. The number of hydrogen-bond donors (Lipinski definition) is 2. The molecule has 2 heterocycles. The second-order valence-electron chi connectivity index (χ2n) is 4.93. The summed E-state index contributed by atoms with van der Waals surface area (Å²) in [6.07, 6.45) is 3.40. The maximum atomic E-state index is 13.7. The number of carbonyl (C=O) groups is 1. The standard InChI is InChI=1S/C17H15FN4O/c18-14-5-1-3-12-6-7-15(22-16(12)14)17(23)21-10-9-20-13-4-2-8-19-11-13/h1-8,11,20H,9-10H2,(H,21,23). The first-order valence-corrected chi connectivity index (χ1v) is 7.21. The number of amides is 1. The van der Waals surface area contributed by atoms with Gasteiger partial charge in [-0.2, -0.15) is 0 Å². The Morgan fingerprint density at radius 3 is 2.83 bits per heavy atom. The third kappa shape index (κ3) is 3.60. The maximum Gasteiger partial charge on any atom is 0.269 e. The Labute approximate surface area is 132 Å². The van der Waals surface area contributed by atoms with Gasteiger partial charge in [0.2, 0.25) is 0 Å². The van der Waals surface area contributed by atoms with E-state index in [4.69, 9.17) is 0 Å². The van der Waals surface area contributed by atoms with Gasteiger partial charge in [-0.25, -0.2) is 9.37 Å². The van der Waals surface area contributed by atoms with Crippen LogP contribution in [0.5, 0.6) is 0 Å². The van der Waals surface area contributed by atoms with Crippen molar-refractivity contribution in [3.63, 3.8) is 0 Å². The van der Waals surface area contributed by atoms with Crippen molar-refractivity contribution in [1.29, 1.82) is 0 Å². The molecule has 0 bridgehead atoms. The molecule has 0 aliphatic rings. The molecule has 2 N–H and O–H groups in total. The van der Waals surface area contributed by atoms with Gasteiger partial charge >= 0.3 is 0 Å². The van der Waals surface area contributed by atoms with Crippen LogP contribution in [-0.2, 0) is 0 Å². The number of nitrogens with one attached hydrogen (secondary N) is 2. The normalized spacial score (nSPS) is 10.5. The third-order valence-electron chi connectivity index (χ3n) is 3.30. The largest absolute Gasteiger partial charge is 0.382 e. The Morgan fingerprint density at radius 2 is 2.00 bits per heavy atom. The molecule has 0 radical (unpaired) electrons. The number of benzene rings is 1. The quantitative estimate of drug-likeness (QED) is 0.711. The van der Waals surface area contributed by atoms with Crippen LogP contribution in [0.2, 0.25) is 0 Å². The summed E-state index contributed by atoms with van der Waals surface area (Å²) in [5, 5.41) is 6.55. The molecule has 1 amide bonds. The SMILES string of the molecule is O=C(NCCNc1cccnc1)c1ccc2cccc(F)c2n1. The number of carbonyl (C=O) groups excluding carboxylic acids is 1. The van der Waals surface area contributed by atoms with Crippen molar-refractivity contribution in [2.24, 2.45) is 0 Å². The molecule has 0 saturated carbocycles. The first-order chi connectivity index (χ1) is 11.2. The number of aromatic nitrogens is 2. The molecule has 3 rings (SSSR count). The van der Waals surface area contributed by atoms with Gasteiger partial charge in [-0.3, -0.25) is 9.78 Å². The lowest BCUT2D eigenvalue weighted by atomic mass is 10.2. The average Bonchev–Trinajstić information content (AvgIpc) is 2.59. The average molecular weight is 310 g/mol. The molecule has 0 atom stereocenters. The number of rotatable bonds is 5. The van der Waals surface area contributed by atoms with Gasteiger partial charge in [-0.05, 0) is 24.3 Å². The fourth-order valence-corrected chi connectivity index (χ4v) is 2.18. The summed E-state index contributed by atoms with van der Waals surface area (Å²) in [4.78, 5) is 20.2. The van der Waals surface area contributed by atoms with Gasteiger partial charge < -0.3 is 10.6 Å². The van der Waals surface area contributed by atoms with Crippen molar-refractivity contribution in [2.45, 2.75) is 0 Å². The van der Waals surface area contributed by atoms with Crippen molar-refractivity contribution in [3.8, 4) is 0 Å². The highest BCUT2D eigenvalue weighted by molar-refractivity contribution is 5.94. The number of pyridine rings is 2. The second kappa shape index (κ2) is 6.83. The van der Waals surface area contributed by atoms with E-state index >= 15 is 0 Å². The van der Waals surface area contributed by atoms with Gasteiger partial charge in [-0.1, -0.05) is 18.2 Å². The van der Waals surface area contributed by atoms with E-state index in [-0.39, 0.29) is 17.1 Å². The Kier molecular flexibility index (Phi) is 4.42. The van der Waals surface area contributed by atoms with Gasteiger partial charge in [-0.15, -0.1) is 0 Å². The summed E-state index contributed by atoms with van der Waals surface area (Å²) in [6, 6.07) is 11.7. The summed E-state index contributed by atoms with van der Waals surface area (Å²) < 4.78 is 13.7. The zero-order chi connectivity index (χ0) is 16.1. The molecule has 3 aromatic rings. The van der Waals surface area contributed by atoms with E-state index in [0.717, 1.165) is 5.69 Å². The predicted molar refractivity (Wildman–Crippen MR) is 86.8 cm³/mol. The molecule has 0 aliphatic carbocycles. The molecule has 5 nitrogen and oxygen atoms in total. The van der Waals surface area contributed by atoms with Crippen LogP contribution in [0.4, 0.5) is 10.1 Å². The first kappa shape index (κ1) is 14.9. The first-order valence-electron chi connectivity index (χ1n) is 7.21. The van der Waals surface area contributed by atoms with Gasteiger partial charge in [0, 0.05) is 30.9 Å². The molecule has 0 aliphatic heterocycles. The van der Waals surface area contributed by atoms with Crippen molar-refractivity contribution < 1.29 is 9.18 Å². The number of nitrogens with zero attached hydrogens (tertiary/aromatic N) is 2. The van der Waals surface area contributed by atoms with E-state index in [1.165, 1.54) is 6.07 Å². The monoisotopic (exact) mass is 310 g/mol. The summed E-state index contributed by atoms with van der Waals surface area (Å²) in [5.74, 6) is -0.765. The minimum atomic E-state index is -0.435. The molecule has 0 spiro atoms. The van der Waals surface area contributed by atoms with E-state index in [0.29, 0.717) is 18.5 Å². The lowest BCUT2D eigenvalue weighted by Gasteiger charge is -2.08. The Balaban J connectivity index is 1.59. The van der Waals surface area contributed by atoms with Crippen LogP contribution in [-0.4, -0.2) is 29.0 Å². The molecule has 1 aromatic carbocycles. The molecule has 23 heavy (non-hydrogen) atoms. The highest BCUT2D eigenvalue weighted by atomic mass is 19.1. The van der Waals surface area contributed by atoms with Gasteiger partial charge in [0.25, 0.3) is 5.91 Å². The van der Waals surface area contributed by atoms with Crippen LogP contribution in [0.25, 0.3) is 10.9 Å². The molecular formula is C17H15FN4O. The van der Waals surface area contributed by atoms with Gasteiger partial charge in [0.1, 0.15) is 17.0 Å². The zero-order valence-electron chi connectivity index (χ0n) is 12.3. The van der Waals surface area contributed by atoms with Crippen LogP contribution < -0.4 is 10.6 Å². The Hall–Kier alpha value is -3.02. The highest BCUT2D eigenvalue weighted by Crippen LogP contribution is 2.15. The smallest absolute Gasteiger partial charge is 0.269 e. The van der Waals surface area contributed by atoms with Crippen LogP contribution >= 0.6 is 0 Å². The van der Waals surface area contributed by atoms with E-state index in [2.05, 4.69) is 20.6 Å². The molecule has 0 saturated heterocycles.